The molecule has 0 spiro atoms. The van der Waals surface area contributed by atoms with Gasteiger partial charge in [-0.2, -0.15) is 0 Å². The van der Waals surface area contributed by atoms with Crippen LogP contribution in [0.15, 0.2) is 0 Å². The maximum Gasteiger partial charge on any atom is 0.152 e. The minimum Gasteiger partial charge on any atom is -0.317 e. The second kappa shape index (κ2) is 2.99. The van der Waals surface area contributed by atoms with E-state index in [4.69, 9.17) is 12.8 Å². The molecule has 0 saturated heterocycles. The van der Waals surface area contributed by atoms with Crippen molar-refractivity contribution in [1.82, 2.24) is 0 Å². The monoisotopic (exact) mass is 150 g/mol. The van der Waals surface area contributed by atoms with Crippen molar-refractivity contribution in [3.8, 4) is 24.7 Å². The van der Waals surface area contributed by atoms with Crippen LogP contribution in [0.2, 0.25) is 0 Å². The summed E-state index contributed by atoms with van der Waals surface area (Å²) < 4.78 is 0. The van der Waals surface area contributed by atoms with Gasteiger partial charge in [-0.1, -0.05) is 0 Å². The highest BCUT2D eigenvalue weighted by Gasteiger charge is 2.27. The number of terminal acetylenes is 2. The van der Waals surface area contributed by atoms with E-state index in [1.165, 1.54) is 0 Å². The van der Waals surface area contributed by atoms with Crippen molar-refractivity contribution in [3.05, 3.63) is 0 Å². The highest BCUT2D eigenvalue weighted by molar-refractivity contribution is 5.06. The van der Waals surface area contributed by atoms with E-state index in [1.807, 2.05) is 33.0 Å². The summed E-state index contributed by atoms with van der Waals surface area (Å²) in [6.45, 7) is 7.91. The number of rotatable bonds is 2. The second-order valence-corrected chi connectivity index (χ2v) is 3.88. The van der Waals surface area contributed by atoms with Crippen LogP contribution < -0.4 is 5.32 Å². The van der Waals surface area contributed by atoms with Crippen molar-refractivity contribution in [2.24, 2.45) is 0 Å². The molecular weight excluding hydrogens is 134 g/mol. The summed E-state index contributed by atoms with van der Waals surface area (Å²) in [6.07, 6.45) is 10.6. The lowest BCUT2D eigenvalue weighted by Crippen LogP contribution is -3.03. The Morgan fingerprint density at radius 1 is 0.909 bits per heavy atom. The molecule has 0 saturated carbocycles. The lowest BCUT2D eigenvalue weighted by molar-refractivity contribution is -0.753. The van der Waals surface area contributed by atoms with Gasteiger partial charge in [0.15, 0.2) is 11.1 Å². The predicted molar refractivity (Wildman–Crippen MR) is 47.7 cm³/mol. The first-order valence-electron chi connectivity index (χ1n) is 3.65. The summed E-state index contributed by atoms with van der Waals surface area (Å²) in [5.41, 5.74) is -0.425. The molecule has 1 heteroatoms. The smallest absolute Gasteiger partial charge is 0.152 e. The van der Waals surface area contributed by atoms with Crippen LogP contribution in [0.25, 0.3) is 0 Å². The van der Waals surface area contributed by atoms with Crippen LogP contribution in [0, 0.1) is 24.7 Å². The van der Waals surface area contributed by atoms with Gasteiger partial charge >= 0.3 is 0 Å². The molecule has 60 valence electrons. The van der Waals surface area contributed by atoms with Crippen molar-refractivity contribution in [3.63, 3.8) is 0 Å². The predicted octanol–water partition coefficient (Wildman–Crippen LogP) is 0.373. The zero-order valence-electron chi connectivity index (χ0n) is 7.73. The summed E-state index contributed by atoms with van der Waals surface area (Å²) in [4.78, 5) is 0. The van der Waals surface area contributed by atoms with Gasteiger partial charge in [-0.3, -0.25) is 0 Å². The molecule has 0 aliphatic rings. The molecule has 0 atom stereocenters. The molecule has 0 radical (unpaired) electrons. The molecule has 0 bridgehead atoms. The Morgan fingerprint density at radius 3 is 1.36 bits per heavy atom. The van der Waals surface area contributed by atoms with Crippen molar-refractivity contribution in [2.45, 2.75) is 38.8 Å². The van der Waals surface area contributed by atoms with Crippen LogP contribution in [-0.2, 0) is 0 Å². The van der Waals surface area contributed by atoms with E-state index in [0.717, 1.165) is 0 Å². The fourth-order valence-electron chi connectivity index (χ4n) is 0.985. The lowest BCUT2D eigenvalue weighted by atomic mass is 9.99. The maximum atomic E-state index is 5.32. The standard InChI is InChI=1S/C10H15N/c1-7-9(3,4)11-10(5,6)8-2/h1-2,11H,3-6H3/p+1. The average molecular weight is 150 g/mol. The Bertz CT molecular complexity index is 186. The van der Waals surface area contributed by atoms with Gasteiger partial charge in [0.25, 0.3) is 0 Å². The Balaban J connectivity index is 4.31. The maximum absolute atomic E-state index is 5.32. The van der Waals surface area contributed by atoms with Crippen LogP contribution >= 0.6 is 0 Å². The zero-order valence-corrected chi connectivity index (χ0v) is 7.73. The average Bonchev–Trinajstić information content (AvgIpc) is 1.86. The van der Waals surface area contributed by atoms with E-state index in [9.17, 15) is 0 Å². The first kappa shape index (κ1) is 10.1. The molecule has 0 aromatic heterocycles. The van der Waals surface area contributed by atoms with Gasteiger partial charge in [-0.15, -0.1) is 12.8 Å². The Hall–Kier alpha value is -0.920. The first-order chi connectivity index (χ1) is 4.83. The zero-order chi connectivity index (χ0) is 9.12. The van der Waals surface area contributed by atoms with E-state index in [2.05, 4.69) is 11.8 Å². The van der Waals surface area contributed by atoms with Gasteiger partial charge in [-0.25, -0.2) is 0 Å². The molecule has 0 unspecified atom stereocenters. The quantitative estimate of drug-likeness (QED) is 0.548. The Morgan fingerprint density at radius 2 is 1.18 bits per heavy atom. The van der Waals surface area contributed by atoms with Crippen molar-refractivity contribution in [2.75, 3.05) is 0 Å². The van der Waals surface area contributed by atoms with Crippen LogP contribution in [0.5, 0.6) is 0 Å². The SMILES string of the molecule is C#CC(C)(C)[NH2+]C(C)(C)C#C. The minimum absolute atomic E-state index is 0.212. The Kier molecular flexibility index (Phi) is 2.74. The molecule has 0 heterocycles. The van der Waals surface area contributed by atoms with Crippen LogP contribution in [0.4, 0.5) is 0 Å². The molecule has 1 nitrogen and oxygen atoms in total. The third kappa shape index (κ3) is 3.71. The number of quaternary nitrogens is 1. The van der Waals surface area contributed by atoms with Gasteiger partial charge < -0.3 is 5.32 Å². The van der Waals surface area contributed by atoms with Crippen LogP contribution in [-0.4, -0.2) is 11.1 Å². The van der Waals surface area contributed by atoms with Gasteiger partial charge in [-0.05, 0) is 11.8 Å². The summed E-state index contributed by atoms with van der Waals surface area (Å²) >= 11 is 0. The van der Waals surface area contributed by atoms with E-state index < -0.39 is 0 Å². The van der Waals surface area contributed by atoms with Gasteiger partial charge in [0.1, 0.15) is 0 Å². The topological polar surface area (TPSA) is 16.6 Å². The third-order valence-corrected chi connectivity index (χ3v) is 1.47. The minimum atomic E-state index is -0.212. The van der Waals surface area contributed by atoms with E-state index in [0.29, 0.717) is 0 Å². The molecule has 0 aliphatic heterocycles. The molecule has 0 aromatic rings. The molecular formula is C10H16N+. The lowest BCUT2D eigenvalue weighted by Gasteiger charge is -2.25. The molecule has 2 N–H and O–H groups in total. The van der Waals surface area contributed by atoms with E-state index >= 15 is 0 Å². The van der Waals surface area contributed by atoms with Gasteiger partial charge in [0.2, 0.25) is 0 Å². The number of hydrogen-bond donors (Lipinski definition) is 1. The highest BCUT2D eigenvalue weighted by atomic mass is 15.0. The largest absolute Gasteiger partial charge is 0.317 e. The normalized spacial score (nSPS) is 11.8. The second-order valence-electron chi connectivity index (χ2n) is 3.88. The third-order valence-electron chi connectivity index (χ3n) is 1.47. The molecule has 0 aliphatic carbocycles. The fourth-order valence-corrected chi connectivity index (χ4v) is 0.985. The van der Waals surface area contributed by atoms with Crippen molar-refractivity contribution in [1.29, 1.82) is 0 Å². The first-order valence-corrected chi connectivity index (χ1v) is 3.65. The molecule has 0 fully saturated rings. The van der Waals surface area contributed by atoms with Crippen LogP contribution in [0.1, 0.15) is 27.7 Å². The summed E-state index contributed by atoms with van der Waals surface area (Å²) in [6, 6.07) is 0. The molecule has 0 amide bonds. The van der Waals surface area contributed by atoms with E-state index in [-0.39, 0.29) is 11.1 Å². The fraction of sp³-hybridized carbons (Fsp3) is 0.600. The van der Waals surface area contributed by atoms with Crippen LogP contribution in [0.3, 0.4) is 0 Å². The van der Waals surface area contributed by atoms with Crippen molar-refractivity contribution < 1.29 is 5.32 Å². The number of nitrogens with two attached hydrogens (primary N) is 1. The molecule has 11 heavy (non-hydrogen) atoms. The van der Waals surface area contributed by atoms with Gasteiger partial charge in [0.05, 0.1) is 0 Å². The number of hydrogen-bond acceptors (Lipinski definition) is 0. The summed E-state index contributed by atoms with van der Waals surface area (Å²) in [7, 11) is 0. The molecule has 0 aromatic carbocycles. The van der Waals surface area contributed by atoms with E-state index in [1.54, 1.807) is 0 Å². The summed E-state index contributed by atoms with van der Waals surface area (Å²) in [5, 5.41) is 2.01. The Labute approximate surface area is 69.6 Å². The van der Waals surface area contributed by atoms with Crippen molar-refractivity contribution >= 4 is 0 Å². The molecule has 0 rings (SSSR count). The summed E-state index contributed by atoms with van der Waals surface area (Å²) in [5.74, 6) is 5.36. The van der Waals surface area contributed by atoms with Gasteiger partial charge in [0, 0.05) is 27.7 Å². The highest BCUT2D eigenvalue weighted by Crippen LogP contribution is 1.97.